The van der Waals surface area contributed by atoms with Crippen LogP contribution in [0.1, 0.15) is 13.8 Å². The first-order valence-corrected chi connectivity index (χ1v) is 8.54. The number of rotatable bonds is 6. The number of amides is 2. The molecule has 1 atom stereocenters. The first-order chi connectivity index (χ1) is 12.0. The lowest BCUT2D eigenvalue weighted by molar-refractivity contribution is -0.122. The molecule has 0 radical (unpaired) electrons. The van der Waals surface area contributed by atoms with Gasteiger partial charge in [-0.25, -0.2) is 4.79 Å². The summed E-state index contributed by atoms with van der Waals surface area (Å²) >= 11 is 3.34. The van der Waals surface area contributed by atoms with Gasteiger partial charge in [-0.3, -0.25) is 10.1 Å². The van der Waals surface area contributed by atoms with Crippen molar-refractivity contribution in [1.29, 1.82) is 0 Å². The van der Waals surface area contributed by atoms with Crippen LogP contribution in [-0.2, 0) is 9.53 Å². The van der Waals surface area contributed by atoms with Crippen LogP contribution < -0.4 is 15.4 Å². The van der Waals surface area contributed by atoms with Gasteiger partial charge in [0.25, 0.3) is 5.91 Å². The average molecular weight is 407 g/mol. The lowest BCUT2D eigenvalue weighted by Crippen LogP contribution is -2.30. The molecule has 7 heteroatoms. The molecule has 2 N–H and O–H groups in total. The quantitative estimate of drug-likeness (QED) is 0.743. The molecule has 0 heterocycles. The fourth-order valence-electron chi connectivity index (χ4n) is 1.97. The van der Waals surface area contributed by atoms with E-state index in [1.165, 1.54) is 0 Å². The Bertz CT molecular complexity index is 734. The minimum atomic E-state index is -0.707. The molecule has 0 aliphatic rings. The van der Waals surface area contributed by atoms with Crippen LogP contribution >= 0.6 is 15.9 Å². The second-order valence-corrected chi connectivity index (χ2v) is 6.05. The molecule has 1 unspecified atom stereocenters. The van der Waals surface area contributed by atoms with Crippen molar-refractivity contribution in [3.8, 4) is 5.75 Å². The topological polar surface area (TPSA) is 76.7 Å². The molecule has 0 bridgehead atoms. The molecular formula is C18H19BrN2O4. The number of anilines is 2. The second kappa shape index (κ2) is 9.08. The molecule has 0 aromatic heterocycles. The van der Waals surface area contributed by atoms with Gasteiger partial charge >= 0.3 is 6.09 Å². The standard InChI is InChI=1S/C18H19BrN2O4/c1-3-24-18(23)21-15-5-4-6-16(11-15)25-12(2)17(22)20-14-9-7-13(19)8-10-14/h4-12H,3H2,1-2H3,(H,20,22)(H,21,23). The number of halogens is 1. The normalized spacial score (nSPS) is 11.3. The molecule has 0 aliphatic carbocycles. The number of ether oxygens (including phenoxy) is 2. The van der Waals surface area contributed by atoms with Crippen molar-refractivity contribution in [2.45, 2.75) is 20.0 Å². The minimum absolute atomic E-state index is 0.272. The number of benzene rings is 2. The highest BCUT2D eigenvalue weighted by Gasteiger charge is 2.15. The van der Waals surface area contributed by atoms with Gasteiger partial charge in [0.2, 0.25) is 0 Å². The van der Waals surface area contributed by atoms with E-state index in [1.54, 1.807) is 50.2 Å². The molecule has 0 spiro atoms. The van der Waals surface area contributed by atoms with Crippen LogP contribution in [0, 0.1) is 0 Å². The van der Waals surface area contributed by atoms with Crippen LogP contribution in [0.2, 0.25) is 0 Å². The van der Waals surface area contributed by atoms with Gasteiger partial charge in [-0.15, -0.1) is 0 Å². The summed E-state index contributed by atoms with van der Waals surface area (Å²) in [5.74, 6) is 0.193. The van der Waals surface area contributed by atoms with Crippen LogP contribution in [-0.4, -0.2) is 24.7 Å². The van der Waals surface area contributed by atoms with Crippen LogP contribution in [0.25, 0.3) is 0 Å². The zero-order chi connectivity index (χ0) is 18.2. The zero-order valence-corrected chi connectivity index (χ0v) is 15.5. The Morgan fingerprint density at radius 1 is 1.08 bits per heavy atom. The van der Waals surface area contributed by atoms with Crippen molar-refractivity contribution in [1.82, 2.24) is 0 Å². The predicted molar refractivity (Wildman–Crippen MR) is 99.9 cm³/mol. The Morgan fingerprint density at radius 3 is 2.48 bits per heavy atom. The highest BCUT2D eigenvalue weighted by Crippen LogP contribution is 2.20. The van der Waals surface area contributed by atoms with E-state index in [0.29, 0.717) is 17.1 Å². The van der Waals surface area contributed by atoms with E-state index in [-0.39, 0.29) is 12.5 Å². The van der Waals surface area contributed by atoms with E-state index >= 15 is 0 Å². The van der Waals surface area contributed by atoms with Crippen molar-refractivity contribution >= 4 is 39.3 Å². The molecule has 0 fully saturated rings. The first-order valence-electron chi connectivity index (χ1n) is 7.75. The summed E-state index contributed by atoms with van der Waals surface area (Å²) in [6, 6.07) is 14.0. The van der Waals surface area contributed by atoms with Crippen LogP contribution in [0.3, 0.4) is 0 Å². The number of carbonyl (C=O) groups excluding carboxylic acids is 2. The van der Waals surface area contributed by atoms with Gasteiger partial charge in [0, 0.05) is 21.9 Å². The molecule has 2 aromatic rings. The zero-order valence-electron chi connectivity index (χ0n) is 13.9. The number of nitrogens with one attached hydrogen (secondary N) is 2. The third-order valence-corrected chi connectivity index (χ3v) is 3.68. The van der Waals surface area contributed by atoms with Crippen LogP contribution in [0.5, 0.6) is 5.75 Å². The van der Waals surface area contributed by atoms with Crippen molar-refractivity contribution in [2.75, 3.05) is 17.2 Å². The number of hydrogen-bond acceptors (Lipinski definition) is 4. The third-order valence-electron chi connectivity index (χ3n) is 3.15. The van der Waals surface area contributed by atoms with Crippen molar-refractivity contribution in [3.63, 3.8) is 0 Å². The fourth-order valence-corrected chi connectivity index (χ4v) is 2.23. The summed E-state index contributed by atoms with van der Waals surface area (Å²) < 4.78 is 11.4. The van der Waals surface area contributed by atoms with Gasteiger partial charge < -0.3 is 14.8 Å². The molecule has 0 saturated heterocycles. The fraction of sp³-hybridized carbons (Fsp3) is 0.222. The van der Waals surface area contributed by atoms with E-state index in [9.17, 15) is 9.59 Å². The Hall–Kier alpha value is -2.54. The van der Waals surface area contributed by atoms with Crippen molar-refractivity contribution in [3.05, 3.63) is 53.0 Å². The van der Waals surface area contributed by atoms with Crippen molar-refractivity contribution < 1.29 is 19.1 Å². The van der Waals surface area contributed by atoms with E-state index in [2.05, 4.69) is 26.6 Å². The minimum Gasteiger partial charge on any atom is -0.481 e. The van der Waals surface area contributed by atoms with E-state index in [0.717, 1.165) is 4.47 Å². The molecule has 2 aromatic carbocycles. The van der Waals surface area contributed by atoms with Gasteiger partial charge in [-0.1, -0.05) is 22.0 Å². The van der Waals surface area contributed by atoms with E-state index < -0.39 is 12.2 Å². The van der Waals surface area contributed by atoms with E-state index in [1.807, 2.05) is 12.1 Å². The molecule has 2 rings (SSSR count). The molecule has 0 saturated carbocycles. The highest BCUT2D eigenvalue weighted by atomic mass is 79.9. The predicted octanol–water partition coefficient (Wildman–Crippen LogP) is 4.42. The van der Waals surface area contributed by atoms with Gasteiger partial charge in [-0.05, 0) is 50.2 Å². The first kappa shape index (κ1) is 18.8. The summed E-state index contributed by atoms with van der Waals surface area (Å²) in [5, 5.41) is 5.36. The number of hydrogen-bond donors (Lipinski definition) is 2. The molecule has 25 heavy (non-hydrogen) atoms. The molecule has 132 valence electrons. The Morgan fingerprint density at radius 2 is 1.80 bits per heavy atom. The molecule has 0 aliphatic heterocycles. The lowest BCUT2D eigenvalue weighted by Gasteiger charge is -2.15. The maximum Gasteiger partial charge on any atom is 0.411 e. The smallest absolute Gasteiger partial charge is 0.411 e. The highest BCUT2D eigenvalue weighted by molar-refractivity contribution is 9.10. The summed E-state index contributed by atoms with van der Waals surface area (Å²) in [7, 11) is 0. The van der Waals surface area contributed by atoms with Gasteiger partial charge in [0.05, 0.1) is 6.61 Å². The average Bonchev–Trinajstić information content (AvgIpc) is 2.57. The molecule has 2 amide bonds. The third kappa shape index (κ3) is 6.11. The monoisotopic (exact) mass is 406 g/mol. The summed E-state index contributed by atoms with van der Waals surface area (Å²) in [4.78, 5) is 23.7. The van der Waals surface area contributed by atoms with Crippen molar-refractivity contribution in [2.24, 2.45) is 0 Å². The summed E-state index contributed by atoms with van der Waals surface area (Å²) in [5.41, 5.74) is 1.21. The SMILES string of the molecule is CCOC(=O)Nc1cccc(OC(C)C(=O)Nc2ccc(Br)cc2)c1. The van der Waals surface area contributed by atoms with Gasteiger partial charge in [-0.2, -0.15) is 0 Å². The lowest BCUT2D eigenvalue weighted by atomic mass is 10.2. The molecule has 6 nitrogen and oxygen atoms in total. The Balaban J connectivity index is 1.95. The maximum absolute atomic E-state index is 12.2. The van der Waals surface area contributed by atoms with Gasteiger partial charge in [0.15, 0.2) is 6.10 Å². The largest absolute Gasteiger partial charge is 0.481 e. The summed E-state index contributed by atoms with van der Waals surface area (Å²) in [6.07, 6.45) is -1.25. The molecular weight excluding hydrogens is 388 g/mol. The van der Waals surface area contributed by atoms with Gasteiger partial charge in [0.1, 0.15) is 5.75 Å². The number of carbonyl (C=O) groups is 2. The Kier molecular flexibility index (Phi) is 6.82. The van der Waals surface area contributed by atoms with Crippen LogP contribution in [0.4, 0.5) is 16.2 Å². The van der Waals surface area contributed by atoms with E-state index in [4.69, 9.17) is 9.47 Å². The second-order valence-electron chi connectivity index (χ2n) is 5.13. The summed E-state index contributed by atoms with van der Waals surface area (Å²) in [6.45, 7) is 3.67. The Labute approximate surface area is 154 Å². The maximum atomic E-state index is 12.2. The van der Waals surface area contributed by atoms with Crippen LogP contribution in [0.15, 0.2) is 53.0 Å².